The van der Waals surface area contributed by atoms with Crippen molar-refractivity contribution in [2.45, 2.75) is 10.4 Å². The quantitative estimate of drug-likeness (QED) is 0.709. The van der Waals surface area contributed by atoms with Gasteiger partial charge in [-0.3, -0.25) is 4.68 Å². The van der Waals surface area contributed by atoms with Gasteiger partial charge < -0.3 is 0 Å². The zero-order chi connectivity index (χ0) is 17.5. The van der Waals surface area contributed by atoms with Gasteiger partial charge in [0.25, 0.3) is 16.0 Å². The molecule has 0 amide bonds. The van der Waals surface area contributed by atoms with Crippen LogP contribution in [-0.4, -0.2) is 38.8 Å². The van der Waals surface area contributed by atoms with Crippen LogP contribution < -0.4 is 4.72 Å². The fourth-order valence-corrected chi connectivity index (χ4v) is 4.03. The van der Waals surface area contributed by atoms with Crippen LogP contribution in [0, 0.1) is 0 Å². The summed E-state index contributed by atoms with van der Waals surface area (Å²) in [6.45, 7) is 0. The number of hydrogen-bond acceptors (Lipinski definition) is 7. The van der Waals surface area contributed by atoms with Crippen LogP contribution >= 0.6 is 11.3 Å². The number of halogens is 3. The number of rotatable bonds is 4. The van der Waals surface area contributed by atoms with Gasteiger partial charge in [-0.25, -0.2) is 13.1 Å². The van der Waals surface area contributed by atoms with E-state index in [1.165, 1.54) is 12.1 Å². The number of aromatic nitrogens is 6. The highest BCUT2D eigenvalue weighted by Crippen LogP contribution is 2.35. The largest absolute Gasteiger partial charge is 0.433 e. The lowest BCUT2D eigenvalue weighted by molar-refractivity contribution is -0.143. The van der Waals surface area contributed by atoms with Crippen LogP contribution in [0.4, 0.5) is 19.1 Å². The number of tetrazole rings is 1. The standard InChI is InChI=1S/C10H8F3N7O2S2/c1-20-7(10(11,12)13)4-5(16-20)6-2-3-8(23-6)24(21,22)17-9-14-18-19-15-9/h2-4H,1H3,(H2,14,15,17,18,19). The summed E-state index contributed by atoms with van der Waals surface area (Å²) in [4.78, 5) is 0.273. The highest BCUT2D eigenvalue weighted by molar-refractivity contribution is 7.94. The van der Waals surface area contributed by atoms with Crippen molar-refractivity contribution in [3.05, 3.63) is 23.9 Å². The van der Waals surface area contributed by atoms with E-state index in [4.69, 9.17) is 0 Å². The van der Waals surface area contributed by atoms with E-state index in [2.05, 4.69) is 30.4 Å². The third kappa shape index (κ3) is 3.09. The molecule has 24 heavy (non-hydrogen) atoms. The van der Waals surface area contributed by atoms with Crippen molar-refractivity contribution in [3.63, 3.8) is 0 Å². The normalized spacial score (nSPS) is 12.5. The summed E-state index contributed by atoms with van der Waals surface area (Å²) in [6, 6.07) is 3.48. The molecule has 9 nitrogen and oxygen atoms in total. The van der Waals surface area contributed by atoms with Crippen molar-refractivity contribution in [1.29, 1.82) is 0 Å². The van der Waals surface area contributed by atoms with Gasteiger partial charge in [-0.2, -0.15) is 23.5 Å². The molecule has 0 aromatic carbocycles. The first kappa shape index (κ1) is 16.4. The second-order valence-electron chi connectivity index (χ2n) is 4.50. The molecule has 3 rings (SSSR count). The number of hydrogen-bond donors (Lipinski definition) is 2. The molecular formula is C10H8F3N7O2S2. The van der Waals surface area contributed by atoms with Gasteiger partial charge in [0, 0.05) is 7.05 Å². The molecule has 0 spiro atoms. The van der Waals surface area contributed by atoms with Gasteiger partial charge in [0.2, 0.25) is 0 Å². The van der Waals surface area contributed by atoms with E-state index in [-0.39, 0.29) is 20.7 Å². The Kier molecular flexibility index (Phi) is 3.79. The van der Waals surface area contributed by atoms with Gasteiger partial charge in [-0.1, -0.05) is 5.10 Å². The van der Waals surface area contributed by atoms with E-state index >= 15 is 0 Å². The third-order valence-corrected chi connectivity index (χ3v) is 5.77. The van der Waals surface area contributed by atoms with Crippen LogP contribution in [-0.2, 0) is 23.2 Å². The number of aryl methyl sites for hydroxylation is 1. The molecule has 3 aromatic rings. The molecule has 0 radical (unpaired) electrons. The van der Waals surface area contributed by atoms with E-state index in [0.29, 0.717) is 4.68 Å². The molecule has 0 saturated carbocycles. The number of sulfonamides is 1. The van der Waals surface area contributed by atoms with Crippen LogP contribution in [0.15, 0.2) is 22.4 Å². The van der Waals surface area contributed by atoms with Gasteiger partial charge in [0.15, 0.2) is 0 Å². The van der Waals surface area contributed by atoms with E-state index < -0.39 is 21.9 Å². The summed E-state index contributed by atoms with van der Waals surface area (Å²) in [5.41, 5.74) is -0.906. The first-order chi connectivity index (χ1) is 11.2. The summed E-state index contributed by atoms with van der Waals surface area (Å²) in [5.74, 6) is -0.248. The maximum atomic E-state index is 12.8. The van der Waals surface area contributed by atoms with Crippen molar-refractivity contribution in [2.75, 3.05) is 4.72 Å². The number of H-pyrrole nitrogens is 1. The van der Waals surface area contributed by atoms with Crippen molar-refractivity contribution >= 4 is 27.3 Å². The Labute approximate surface area is 136 Å². The number of nitrogens with zero attached hydrogens (tertiary/aromatic N) is 5. The lowest BCUT2D eigenvalue weighted by Gasteiger charge is -2.04. The van der Waals surface area contributed by atoms with Crippen LogP contribution in [0.3, 0.4) is 0 Å². The lowest BCUT2D eigenvalue weighted by Crippen LogP contribution is -2.12. The molecule has 128 valence electrons. The summed E-state index contributed by atoms with van der Waals surface area (Å²) in [5, 5.41) is 16.0. The van der Waals surface area contributed by atoms with Crippen LogP contribution in [0.2, 0.25) is 0 Å². The van der Waals surface area contributed by atoms with Crippen LogP contribution in [0.1, 0.15) is 5.69 Å². The maximum Gasteiger partial charge on any atom is 0.433 e. The first-order valence-electron chi connectivity index (χ1n) is 6.14. The van der Waals surface area contributed by atoms with Crippen molar-refractivity contribution < 1.29 is 21.6 Å². The maximum absolute atomic E-state index is 12.8. The molecule has 0 aliphatic carbocycles. The van der Waals surface area contributed by atoms with E-state index in [9.17, 15) is 21.6 Å². The van der Waals surface area contributed by atoms with Gasteiger partial charge in [0.05, 0.1) is 4.88 Å². The number of alkyl halides is 3. The highest BCUT2D eigenvalue weighted by Gasteiger charge is 2.35. The average molecular weight is 379 g/mol. The predicted octanol–water partition coefficient (Wildman–Crippen LogP) is 1.48. The Morgan fingerprint density at radius 3 is 2.67 bits per heavy atom. The van der Waals surface area contributed by atoms with Crippen molar-refractivity contribution in [1.82, 2.24) is 30.4 Å². The van der Waals surface area contributed by atoms with Crippen LogP contribution in [0.5, 0.6) is 0 Å². The lowest BCUT2D eigenvalue weighted by atomic mass is 10.3. The first-order valence-corrected chi connectivity index (χ1v) is 8.44. The molecule has 3 heterocycles. The van der Waals surface area contributed by atoms with E-state index in [0.717, 1.165) is 24.5 Å². The number of nitrogens with one attached hydrogen (secondary N) is 2. The topological polar surface area (TPSA) is 118 Å². The molecule has 0 aliphatic rings. The minimum absolute atomic E-state index is 0.0239. The number of thiophene rings is 1. The van der Waals surface area contributed by atoms with Gasteiger partial charge in [-0.05, 0) is 23.4 Å². The Morgan fingerprint density at radius 2 is 2.08 bits per heavy atom. The average Bonchev–Trinajstić information content (AvgIpc) is 3.15. The molecule has 0 fully saturated rings. The third-order valence-electron chi connectivity index (χ3n) is 2.84. The Bertz CT molecular complexity index is 959. The molecule has 14 heteroatoms. The molecule has 0 unspecified atom stereocenters. The zero-order valence-corrected chi connectivity index (χ0v) is 13.4. The van der Waals surface area contributed by atoms with E-state index in [1.807, 2.05) is 0 Å². The Hall–Kier alpha value is -2.48. The molecule has 0 bridgehead atoms. The molecule has 0 aliphatic heterocycles. The summed E-state index contributed by atoms with van der Waals surface area (Å²) >= 11 is 0.768. The summed E-state index contributed by atoms with van der Waals surface area (Å²) in [6.07, 6.45) is -4.55. The SMILES string of the molecule is Cn1nc(-c2ccc(S(=O)(=O)Nc3nn[nH]n3)s2)cc1C(F)(F)F. The Morgan fingerprint density at radius 1 is 1.33 bits per heavy atom. The zero-order valence-electron chi connectivity index (χ0n) is 11.7. The van der Waals surface area contributed by atoms with Gasteiger partial charge >= 0.3 is 6.18 Å². The van der Waals surface area contributed by atoms with Gasteiger partial charge in [-0.15, -0.1) is 16.4 Å². The van der Waals surface area contributed by atoms with Gasteiger partial charge in [0.1, 0.15) is 15.6 Å². The summed E-state index contributed by atoms with van der Waals surface area (Å²) in [7, 11) is -2.81. The predicted molar refractivity (Wildman–Crippen MR) is 76.5 cm³/mol. The second-order valence-corrected chi connectivity index (χ2v) is 7.49. The van der Waals surface area contributed by atoms with E-state index in [1.54, 1.807) is 0 Å². The molecule has 0 saturated heterocycles. The minimum Gasteiger partial charge on any atom is -0.263 e. The summed E-state index contributed by atoms with van der Waals surface area (Å²) < 4.78 is 65.3. The van der Waals surface area contributed by atoms with Crippen molar-refractivity contribution in [3.8, 4) is 10.6 Å². The van der Waals surface area contributed by atoms with Crippen LogP contribution in [0.25, 0.3) is 10.6 Å². The fourth-order valence-electron chi connectivity index (χ4n) is 1.83. The molecule has 3 aromatic heterocycles. The smallest absolute Gasteiger partial charge is 0.263 e. The molecular weight excluding hydrogens is 371 g/mol. The number of anilines is 1. The highest BCUT2D eigenvalue weighted by atomic mass is 32.2. The fraction of sp³-hybridized carbons (Fsp3) is 0.200. The van der Waals surface area contributed by atoms with Crippen molar-refractivity contribution in [2.24, 2.45) is 7.05 Å². The minimum atomic E-state index is -4.55. The monoisotopic (exact) mass is 379 g/mol. The molecule has 2 N–H and O–H groups in total. The molecule has 0 atom stereocenters. The second kappa shape index (κ2) is 5.55. The Balaban J connectivity index is 1.91. The number of aromatic amines is 1.